The SMILES string of the molecule is Cc1cc(=O)oc2cc(O[C@@H](C)C(=O)N3CCN(Cc4ccccc4)CC3)ccc12. The van der Waals surface area contributed by atoms with Crippen LogP contribution in [0.1, 0.15) is 18.1 Å². The van der Waals surface area contributed by atoms with E-state index in [0.29, 0.717) is 24.4 Å². The Morgan fingerprint density at radius 2 is 1.80 bits per heavy atom. The van der Waals surface area contributed by atoms with Crippen LogP contribution in [0.25, 0.3) is 11.0 Å². The van der Waals surface area contributed by atoms with E-state index >= 15 is 0 Å². The predicted octanol–water partition coefficient (Wildman–Crippen LogP) is 3.21. The second-order valence-electron chi connectivity index (χ2n) is 7.75. The molecule has 6 nitrogen and oxygen atoms in total. The number of carbonyl (C=O) groups is 1. The topological polar surface area (TPSA) is 63.0 Å². The Morgan fingerprint density at radius 1 is 1.07 bits per heavy atom. The fourth-order valence-electron chi connectivity index (χ4n) is 3.86. The zero-order chi connectivity index (χ0) is 21.1. The quantitative estimate of drug-likeness (QED) is 0.609. The Kier molecular flexibility index (Phi) is 5.86. The fourth-order valence-corrected chi connectivity index (χ4v) is 3.86. The summed E-state index contributed by atoms with van der Waals surface area (Å²) in [6.45, 7) is 7.58. The van der Waals surface area contributed by atoms with Gasteiger partial charge >= 0.3 is 5.63 Å². The van der Waals surface area contributed by atoms with Gasteiger partial charge in [-0.3, -0.25) is 9.69 Å². The average Bonchev–Trinajstić information content (AvgIpc) is 2.74. The zero-order valence-electron chi connectivity index (χ0n) is 17.3. The highest BCUT2D eigenvalue weighted by atomic mass is 16.5. The predicted molar refractivity (Wildman–Crippen MR) is 116 cm³/mol. The highest BCUT2D eigenvalue weighted by Gasteiger charge is 2.26. The molecule has 0 bridgehead atoms. The summed E-state index contributed by atoms with van der Waals surface area (Å²) in [5, 5.41) is 0.857. The van der Waals surface area contributed by atoms with Crippen molar-refractivity contribution in [3.8, 4) is 5.75 Å². The average molecular weight is 406 g/mol. The molecule has 0 spiro atoms. The molecule has 1 aromatic heterocycles. The van der Waals surface area contributed by atoms with E-state index in [1.54, 1.807) is 19.1 Å². The van der Waals surface area contributed by atoms with Gasteiger partial charge in [0.2, 0.25) is 0 Å². The summed E-state index contributed by atoms with van der Waals surface area (Å²) in [6.07, 6.45) is -0.611. The number of fused-ring (bicyclic) bond motifs is 1. The van der Waals surface area contributed by atoms with Gasteiger partial charge in [-0.25, -0.2) is 4.79 Å². The molecule has 2 aromatic carbocycles. The normalized spacial score (nSPS) is 15.9. The van der Waals surface area contributed by atoms with Crippen molar-refractivity contribution in [1.82, 2.24) is 9.80 Å². The summed E-state index contributed by atoms with van der Waals surface area (Å²) >= 11 is 0. The van der Waals surface area contributed by atoms with Gasteiger partial charge in [-0.05, 0) is 37.1 Å². The van der Waals surface area contributed by atoms with E-state index in [-0.39, 0.29) is 5.91 Å². The first-order valence-corrected chi connectivity index (χ1v) is 10.3. The van der Waals surface area contributed by atoms with Crippen LogP contribution >= 0.6 is 0 Å². The number of piperazine rings is 1. The van der Waals surface area contributed by atoms with E-state index < -0.39 is 11.7 Å². The minimum Gasteiger partial charge on any atom is -0.481 e. The Hall–Kier alpha value is -3.12. The molecule has 1 fully saturated rings. The molecule has 0 aliphatic carbocycles. The van der Waals surface area contributed by atoms with Crippen molar-refractivity contribution in [2.75, 3.05) is 26.2 Å². The van der Waals surface area contributed by atoms with Crippen LogP contribution in [0.4, 0.5) is 0 Å². The fraction of sp³-hybridized carbons (Fsp3) is 0.333. The zero-order valence-corrected chi connectivity index (χ0v) is 17.3. The maximum Gasteiger partial charge on any atom is 0.336 e. The van der Waals surface area contributed by atoms with Crippen molar-refractivity contribution in [2.45, 2.75) is 26.5 Å². The molecule has 2 heterocycles. The lowest BCUT2D eigenvalue weighted by Crippen LogP contribution is -2.51. The summed E-state index contributed by atoms with van der Waals surface area (Å²) in [4.78, 5) is 28.7. The number of benzene rings is 2. The molecular weight excluding hydrogens is 380 g/mol. The minimum atomic E-state index is -0.611. The molecule has 0 saturated carbocycles. The first-order valence-electron chi connectivity index (χ1n) is 10.3. The Bertz CT molecular complexity index is 1090. The maximum atomic E-state index is 12.8. The van der Waals surface area contributed by atoms with Gasteiger partial charge in [0.1, 0.15) is 11.3 Å². The van der Waals surface area contributed by atoms with Crippen molar-refractivity contribution in [3.63, 3.8) is 0 Å². The number of aryl methyl sites for hydroxylation is 1. The lowest BCUT2D eigenvalue weighted by Gasteiger charge is -2.35. The number of carbonyl (C=O) groups excluding carboxylic acids is 1. The molecule has 30 heavy (non-hydrogen) atoms. The van der Waals surface area contributed by atoms with Crippen molar-refractivity contribution in [2.24, 2.45) is 0 Å². The number of rotatable bonds is 5. The largest absolute Gasteiger partial charge is 0.481 e. The molecule has 1 saturated heterocycles. The van der Waals surface area contributed by atoms with Crippen molar-refractivity contribution in [3.05, 3.63) is 76.1 Å². The van der Waals surface area contributed by atoms with E-state index in [1.807, 2.05) is 36.1 Å². The molecule has 156 valence electrons. The summed E-state index contributed by atoms with van der Waals surface area (Å²) in [5.74, 6) is 0.486. The molecule has 1 amide bonds. The lowest BCUT2D eigenvalue weighted by atomic mass is 10.1. The first-order chi connectivity index (χ1) is 14.5. The number of hydrogen-bond donors (Lipinski definition) is 0. The maximum absolute atomic E-state index is 12.8. The van der Waals surface area contributed by atoms with Crippen LogP contribution in [0.2, 0.25) is 0 Å². The Morgan fingerprint density at radius 3 is 2.53 bits per heavy atom. The highest BCUT2D eigenvalue weighted by Crippen LogP contribution is 2.23. The van der Waals surface area contributed by atoms with Gasteiger partial charge in [0.25, 0.3) is 5.91 Å². The summed E-state index contributed by atoms with van der Waals surface area (Å²) in [5.41, 5.74) is 2.21. The number of amides is 1. The first kappa shape index (κ1) is 20.2. The van der Waals surface area contributed by atoms with Crippen LogP contribution < -0.4 is 10.4 Å². The van der Waals surface area contributed by atoms with Crippen LogP contribution in [0.3, 0.4) is 0 Å². The second-order valence-corrected chi connectivity index (χ2v) is 7.75. The Labute approximate surface area is 175 Å². The number of hydrogen-bond acceptors (Lipinski definition) is 5. The van der Waals surface area contributed by atoms with Crippen LogP contribution in [0.5, 0.6) is 5.75 Å². The lowest BCUT2D eigenvalue weighted by molar-refractivity contribution is -0.139. The van der Waals surface area contributed by atoms with Crippen molar-refractivity contribution < 1.29 is 13.9 Å². The summed E-state index contributed by atoms with van der Waals surface area (Å²) in [7, 11) is 0. The van der Waals surface area contributed by atoms with Gasteiger partial charge in [0.15, 0.2) is 6.10 Å². The molecular formula is C24H26N2O4. The van der Waals surface area contributed by atoms with E-state index in [2.05, 4.69) is 17.0 Å². The van der Waals surface area contributed by atoms with Gasteiger partial charge in [-0.2, -0.15) is 0 Å². The minimum absolute atomic E-state index is 0.0276. The monoisotopic (exact) mass is 406 g/mol. The van der Waals surface area contributed by atoms with E-state index in [1.165, 1.54) is 11.6 Å². The van der Waals surface area contributed by atoms with Crippen LogP contribution in [0.15, 0.2) is 63.8 Å². The smallest absolute Gasteiger partial charge is 0.336 e. The molecule has 1 aliphatic rings. The van der Waals surface area contributed by atoms with Gasteiger partial charge < -0.3 is 14.1 Å². The molecule has 6 heteroatoms. The summed E-state index contributed by atoms with van der Waals surface area (Å²) < 4.78 is 11.1. The van der Waals surface area contributed by atoms with Gasteiger partial charge in [0.05, 0.1) is 0 Å². The van der Waals surface area contributed by atoms with E-state index in [4.69, 9.17) is 9.15 Å². The third kappa shape index (κ3) is 4.54. The van der Waals surface area contributed by atoms with Gasteiger partial charge in [-0.1, -0.05) is 30.3 Å². The Balaban J connectivity index is 1.35. The molecule has 0 N–H and O–H groups in total. The van der Waals surface area contributed by atoms with Crippen LogP contribution in [0, 0.1) is 6.92 Å². The van der Waals surface area contributed by atoms with Crippen molar-refractivity contribution in [1.29, 1.82) is 0 Å². The third-order valence-electron chi connectivity index (χ3n) is 5.52. The van der Waals surface area contributed by atoms with E-state index in [9.17, 15) is 9.59 Å². The molecule has 1 atom stereocenters. The second kappa shape index (κ2) is 8.71. The molecule has 0 radical (unpaired) electrons. The van der Waals surface area contributed by atoms with Crippen LogP contribution in [-0.4, -0.2) is 48.0 Å². The van der Waals surface area contributed by atoms with Gasteiger partial charge in [0, 0.05) is 50.2 Å². The number of ether oxygens (including phenoxy) is 1. The third-order valence-corrected chi connectivity index (χ3v) is 5.52. The van der Waals surface area contributed by atoms with E-state index in [0.717, 1.165) is 30.6 Å². The molecule has 0 unspecified atom stereocenters. The molecule has 4 rings (SSSR count). The van der Waals surface area contributed by atoms with Gasteiger partial charge in [-0.15, -0.1) is 0 Å². The number of nitrogens with zero attached hydrogens (tertiary/aromatic N) is 2. The molecule has 3 aromatic rings. The van der Waals surface area contributed by atoms with Crippen molar-refractivity contribution >= 4 is 16.9 Å². The standard InChI is InChI=1S/C24H26N2O4/c1-17-14-23(27)30-22-15-20(8-9-21(17)22)29-18(2)24(28)26-12-10-25(11-13-26)16-19-6-4-3-5-7-19/h3-9,14-15,18H,10-13,16H2,1-2H3/t18-/m0/s1. The molecule has 1 aliphatic heterocycles. The van der Waals surface area contributed by atoms with Crippen LogP contribution in [-0.2, 0) is 11.3 Å². The highest BCUT2D eigenvalue weighted by molar-refractivity contribution is 5.83. The summed E-state index contributed by atoms with van der Waals surface area (Å²) in [6, 6.07) is 17.2.